The molecule has 10 aromatic rings. The van der Waals surface area contributed by atoms with Crippen molar-refractivity contribution in [3.05, 3.63) is 156 Å². The number of thiophene rings is 1. The van der Waals surface area contributed by atoms with Gasteiger partial charge >= 0.3 is 0 Å². The van der Waals surface area contributed by atoms with Crippen molar-refractivity contribution in [3.8, 4) is 40.7 Å². The van der Waals surface area contributed by atoms with Gasteiger partial charge < -0.3 is 9.13 Å². The Bertz CT molecular complexity index is 3190. The van der Waals surface area contributed by atoms with Gasteiger partial charge in [-0.25, -0.2) is 0 Å². The summed E-state index contributed by atoms with van der Waals surface area (Å²) < 4.78 is 6.58. The van der Waals surface area contributed by atoms with Crippen molar-refractivity contribution in [1.82, 2.24) is 9.13 Å². The summed E-state index contributed by atoms with van der Waals surface area (Å²) >= 11 is 1.74. The van der Waals surface area contributed by atoms with Gasteiger partial charge in [0, 0.05) is 52.8 Å². The second kappa shape index (κ2) is 10.9. The highest BCUT2D eigenvalue weighted by molar-refractivity contribution is 7.26. The summed E-state index contributed by atoms with van der Waals surface area (Å²) in [5.41, 5.74) is 7.64. The van der Waals surface area contributed by atoms with Crippen LogP contribution >= 0.6 is 11.3 Å². The molecule has 0 atom stereocenters. The van der Waals surface area contributed by atoms with Gasteiger partial charge in [0.1, 0.15) is 18.2 Å². The zero-order chi connectivity index (χ0) is 34.2. The Morgan fingerprint density at radius 1 is 0.412 bits per heavy atom. The summed E-state index contributed by atoms with van der Waals surface area (Å²) in [7, 11) is 0. The monoisotopic (exact) mass is 665 g/mol. The first-order valence-electron chi connectivity index (χ1n) is 16.5. The number of nitriles is 3. The molecule has 0 saturated carbocycles. The van der Waals surface area contributed by atoms with Gasteiger partial charge in [-0.1, -0.05) is 97.1 Å². The molecule has 0 saturated heterocycles. The SMILES string of the molecule is N#Cc1cccc(-c2ccc(C#N)c(-n3c4ccccc4c4ccc5sc6ccccc6c5c43)c2C#N)c1-n1c2ccccc2c2ccccc21. The van der Waals surface area contributed by atoms with E-state index in [9.17, 15) is 15.8 Å². The molecular formula is C45H23N5S. The Morgan fingerprint density at radius 3 is 1.67 bits per heavy atom. The molecule has 0 N–H and O–H groups in total. The maximum Gasteiger partial charge on any atom is 0.102 e. The lowest BCUT2D eigenvalue weighted by Gasteiger charge is -2.19. The minimum absolute atomic E-state index is 0.366. The number of hydrogen-bond donors (Lipinski definition) is 0. The summed E-state index contributed by atoms with van der Waals surface area (Å²) in [4.78, 5) is 0. The van der Waals surface area contributed by atoms with E-state index in [0.717, 1.165) is 64.6 Å². The molecule has 234 valence electrons. The highest BCUT2D eigenvalue weighted by Gasteiger charge is 2.26. The van der Waals surface area contributed by atoms with Gasteiger partial charge in [0.15, 0.2) is 0 Å². The summed E-state index contributed by atoms with van der Waals surface area (Å²) in [5, 5.41) is 39.0. The van der Waals surface area contributed by atoms with E-state index in [4.69, 9.17) is 0 Å². The zero-order valence-corrected chi connectivity index (χ0v) is 27.7. The minimum Gasteiger partial charge on any atom is -0.307 e. The molecule has 0 bridgehead atoms. The van der Waals surface area contributed by atoms with E-state index >= 15 is 0 Å². The van der Waals surface area contributed by atoms with Gasteiger partial charge in [0.05, 0.1) is 50.1 Å². The molecule has 5 nitrogen and oxygen atoms in total. The number of para-hydroxylation sites is 4. The summed E-state index contributed by atoms with van der Waals surface area (Å²) in [6.45, 7) is 0. The van der Waals surface area contributed by atoms with Crippen LogP contribution in [0.5, 0.6) is 0 Å². The molecule has 7 aromatic carbocycles. The van der Waals surface area contributed by atoms with Crippen molar-refractivity contribution in [3.63, 3.8) is 0 Å². The highest BCUT2D eigenvalue weighted by Crippen LogP contribution is 2.46. The van der Waals surface area contributed by atoms with Crippen molar-refractivity contribution in [2.24, 2.45) is 0 Å². The maximum absolute atomic E-state index is 11.2. The number of hydrogen-bond acceptors (Lipinski definition) is 4. The molecule has 0 unspecified atom stereocenters. The predicted molar refractivity (Wildman–Crippen MR) is 208 cm³/mol. The van der Waals surface area contributed by atoms with Crippen molar-refractivity contribution in [2.75, 3.05) is 0 Å². The Labute approximate surface area is 295 Å². The molecule has 6 heteroatoms. The van der Waals surface area contributed by atoms with Crippen LogP contribution in [0, 0.1) is 34.0 Å². The Hall–Kier alpha value is -7.17. The summed E-state index contributed by atoms with van der Waals surface area (Å²) in [5.74, 6) is 0. The zero-order valence-electron chi connectivity index (χ0n) is 26.9. The van der Waals surface area contributed by atoms with E-state index < -0.39 is 0 Å². The Morgan fingerprint density at radius 2 is 1.00 bits per heavy atom. The first-order chi connectivity index (χ1) is 25.2. The fourth-order valence-electron chi connectivity index (χ4n) is 8.00. The summed E-state index contributed by atoms with van der Waals surface area (Å²) in [6.07, 6.45) is 0. The normalized spacial score (nSPS) is 11.5. The van der Waals surface area contributed by atoms with Crippen molar-refractivity contribution in [1.29, 1.82) is 15.8 Å². The second-order valence-electron chi connectivity index (χ2n) is 12.6. The van der Waals surface area contributed by atoms with Crippen LogP contribution in [0.2, 0.25) is 0 Å². The van der Waals surface area contributed by atoms with Crippen LogP contribution in [-0.4, -0.2) is 9.13 Å². The predicted octanol–water partition coefficient (Wildman–Crippen LogP) is 11.5. The van der Waals surface area contributed by atoms with Crippen LogP contribution < -0.4 is 0 Å². The van der Waals surface area contributed by atoms with Gasteiger partial charge in [-0.3, -0.25) is 0 Å². The van der Waals surface area contributed by atoms with E-state index in [1.807, 2.05) is 66.7 Å². The van der Waals surface area contributed by atoms with Crippen LogP contribution in [0.4, 0.5) is 0 Å². The van der Waals surface area contributed by atoms with Gasteiger partial charge in [0.2, 0.25) is 0 Å². The van der Waals surface area contributed by atoms with Crippen LogP contribution in [0.3, 0.4) is 0 Å². The lowest BCUT2D eigenvalue weighted by Crippen LogP contribution is -2.06. The number of nitrogens with zero attached hydrogens (tertiary/aromatic N) is 5. The molecule has 51 heavy (non-hydrogen) atoms. The number of benzene rings is 7. The fraction of sp³-hybridized carbons (Fsp3) is 0. The van der Waals surface area contributed by atoms with E-state index in [-0.39, 0.29) is 0 Å². The molecule has 0 amide bonds. The minimum atomic E-state index is 0.366. The van der Waals surface area contributed by atoms with Gasteiger partial charge in [-0.15, -0.1) is 11.3 Å². The fourth-order valence-corrected chi connectivity index (χ4v) is 9.11. The number of aromatic nitrogens is 2. The second-order valence-corrected chi connectivity index (χ2v) is 13.7. The molecule has 0 aliphatic rings. The van der Waals surface area contributed by atoms with E-state index in [1.165, 1.54) is 4.70 Å². The number of fused-ring (bicyclic) bond motifs is 10. The van der Waals surface area contributed by atoms with Crippen LogP contribution in [-0.2, 0) is 0 Å². The first kappa shape index (κ1) is 28.8. The molecule has 3 heterocycles. The first-order valence-corrected chi connectivity index (χ1v) is 17.4. The molecular weight excluding hydrogens is 643 g/mol. The lowest BCUT2D eigenvalue weighted by atomic mass is 9.93. The maximum atomic E-state index is 11.2. The van der Waals surface area contributed by atoms with E-state index in [2.05, 4.69) is 100 Å². The Kier molecular flexibility index (Phi) is 6.17. The molecule has 0 fully saturated rings. The third-order valence-corrected chi connectivity index (χ3v) is 11.2. The number of rotatable bonds is 3. The average molecular weight is 666 g/mol. The molecule has 0 aliphatic heterocycles. The van der Waals surface area contributed by atoms with Gasteiger partial charge in [0.25, 0.3) is 0 Å². The third kappa shape index (κ3) is 3.93. The van der Waals surface area contributed by atoms with Gasteiger partial charge in [-0.05, 0) is 42.5 Å². The van der Waals surface area contributed by atoms with Gasteiger partial charge in [-0.2, -0.15) is 15.8 Å². The van der Waals surface area contributed by atoms with Crippen LogP contribution in [0.1, 0.15) is 16.7 Å². The third-order valence-electron chi connectivity index (χ3n) is 10.1. The Balaban J connectivity index is 1.37. The average Bonchev–Trinajstić information content (AvgIpc) is 3.84. The molecule has 3 aromatic heterocycles. The van der Waals surface area contributed by atoms with Crippen LogP contribution in [0.25, 0.3) is 86.3 Å². The lowest BCUT2D eigenvalue weighted by molar-refractivity contribution is 1.15. The van der Waals surface area contributed by atoms with Crippen molar-refractivity contribution >= 4 is 75.1 Å². The molecule has 0 spiro atoms. The van der Waals surface area contributed by atoms with Crippen LogP contribution in [0.15, 0.2) is 140 Å². The van der Waals surface area contributed by atoms with Crippen molar-refractivity contribution in [2.45, 2.75) is 0 Å². The summed E-state index contributed by atoms with van der Waals surface area (Å²) in [6, 6.07) is 54.1. The quantitative estimate of drug-likeness (QED) is 0.188. The highest BCUT2D eigenvalue weighted by atomic mass is 32.1. The molecule has 10 rings (SSSR count). The van der Waals surface area contributed by atoms with Crippen molar-refractivity contribution < 1.29 is 0 Å². The molecule has 0 aliphatic carbocycles. The topological polar surface area (TPSA) is 81.2 Å². The van der Waals surface area contributed by atoms with E-state index in [1.54, 1.807) is 11.3 Å². The molecule has 0 radical (unpaired) electrons. The standard InChI is InChI=1S/C45H23N5S/c46-24-27-10-9-15-33(43(27)49-37-16-5-1-11-30(37)31-12-2-6-17-38(31)49)29-21-20-28(25-47)44(36(29)26-48)50-39-18-7-3-13-32(39)34-22-23-41-42(45(34)50)35-14-4-8-19-40(35)51-41/h1-23H. The van der Waals surface area contributed by atoms with E-state index in [0.29, 0.717) is 33.6 Å². The smallest absolute Gasteiger partial charge is 0.102 e. The largest absolute Gasteiger partial charge is 0.307 e.